The van der Waals surface area contributed by atoms with Gasteiger partial charge in [-0.3, -0.25) is 0 Å². The Labute approximate surface area is 102 Å². The van der Waals surface area contributed by atoms with Crippen LogP contribution in [0.15, 0.2) is 42.5 Å². The number of fused-ring (bicyclic) bond motifs is 1. The van der Waals surface area contributed by atoms with E-state index < -0.39 is 5.60 Å². The molecule has 0 bridgehead atoms. The highest BCUT2D eigenvalue weighted by Crippen LogP contribution is 2.15. The molecule has 0 fully saturated rings. The van der Waals surface area contributed by atoms with Crippen molar-refractivity contribution in [1.82, 2.24) is 0 Å². The summed E-state index contributed by atoms with van der Waals surface area (Å²) in [5, 5.41) is 2.46. The molecule has 0 aliphatic heterocycles. The van der Waals surface area contributed by atoms with Gasteiger partial charge in [-0.05, 0) is 36.8 Å². The molecule has 0 spiro atoms. The Bertz CT molecular complexity index is 585. The van der Waals surface area contributed by atoms with Gasteiger partial charge in [0, 0.05) is 12.7 Å². The minimum atomic E-state index is -0.397. The van der Waals surface area contributed by atoms with Crippen LogP contribution in [0.2, 0.25) is 0 Å². The predicted molar refractivity (Wildman–Crippen MR) is 71.9 cm³/mol. The van der Waals surface area contributed by atoms with Crippen molar-refractivity contribution in [2.45, 2.75) is 19.4 Å². The van der Waals surface area contributed by atoms with Gasteiger partial charge >= 0.3 is 0 Å². The molecule has 1 nitrogen and oxygen atoms in total. The van der Waals surface area contributed by atoms with Crippen molar-refractivity contribution in [2.24, 2.45) is 0 Å². The first kappa shape index (κ1) is 11.7. The van der Waals surface area contributed by atoms with Gasteiger partial charge in [0.15, 0.2) is 0 Å². The van der Waals surface area contributed by atoms with E-state index in [0.717, 1.165) is 5.56 Å². The number of rotatable bonds is 1. The van der Waals surface area contributed by atoms with Crippen molar-refractivity contribution >= 4 is 10.8 Å². The molecule has 17 heavy (non-hydrogen) atoms. The molecule has 2 rings (SSSR count). The Morgan fingerprint density at radius 1 is 1.00 bits per heavy atom. The lowest BCUT2D eigenvalue weighted by molar-refractivity contribution is 0.0742. The third-order valence-electron chi connectivity index (χ3n) is 2.77. The maximum absolute atomic E-state index is 5.27. The fraction of sp³-hybridized carbons (Fsp3) is 0.250. The maximum atomic E-state index is 5.27. The summed E-state index contributed by atoms with van der Waals surface area (Å²) in [6.45, 7) is 3.92. The zero-order valence-corrected chi connectivity index (χ0v) is 10.4. The molecule has 0 unspecified atom stereocenters. The minimum absolute atomic E-state index is 0.397. The second-order valence-electron chi connectivity index (χ2n) is 4.53. The van der Waals surface area contributed by atoms with Gasteiger partial charge in [0.05, 0.1) is 0 Å². The molecule has 2 aromatic rings. The van der Waals surface area contributed by atoms with E-state index in [1.165, 1.54) is 10.8 Å². The third kappa shape index (κ3) is 2.87. The molecule has 0 aliphatic carbocycles. The van der Waals surface area contributed by atoms with Crippen molar-refractivity contribution < 1.29 is 4.74 Å². The Hall–Kier alpha value is -1.78. The average Bonchev–Trinajstić information content (AvgIpc) is 2.36. The van der Waals surface area contributed by atoms with Crippen LogP contribution in [0, 0.1) is 11.8 Å². The Kier molecular flexibility index (Phi) is 3.17. The van der Waals surface area contributed by atoms with Gasteiger partial charge in [-0.25, -0.2) is 0 Å². The third-order valence-corrected chi connectivity index (χ3v) is 2.77. The Morgan fingerprint density at radius 2 is 1.71 bits per heavy atom. The number of methoxy groups -OCH3 is 1. The number of ether oxygens (including phenoxy) is 1. The summed E-state index contributed by atoms with van der Waals surface area (Å²) in [6, 6.07) is 14.5. The van der Waals surface area contributed by atoms with E-state index in [1.54, 1.807) is 7.11 Å². The Balaban J connectivity index is 2.37. The molecular formula is C16H16O. The largest absolute Gasteiger partial charge is 0.366 e. The summed E-state index contributed by atoms with van der Waals surface area (Å²) in [5.74, 6) is 6.27. The molecular weight excluding hydrogens is 208 g/mol. The SMILES string of the molecule is COC(C)(C)C#Cc1ccc2ccccc2c1. The summed E-state index contributed by atoms with van der Waals surface area (Å²) in [4.78, 5) is 0. The molecule has 0 aromatic heterocycles. The standard InChI is InChI=1S/C16H16O/c1-16(2,17-3)11-10-13-8-9-14-6-4-5-7-15(14)12-13/h4-9,12H,1-3H3. The van der Waals surface area contributed by atoms with E-state index in [0.29, 0.717) is 0 Å². The maximum Gasteiger partial charge on any atom is 0.123 e. The number of hydrogen-bond acceptors (Lipinski definition) is 1. The van der Waals surface area contributed by atoms with E-state index in [9.17, 15) is 0 Å². The van der Waals surface area contributed by atoms with Crippen LogP contribution in [0.1, 0.15) is 19.4 Å². The minimum Gasteiger partial charge on any atom is -0.366 e. The molecule has 0 radical (unpaired) electrons. The van der Waals surface area contributed by atoms with Crippen LogP contribution < -0.4 is 0 Å². The zero-order chi connectivity index (χ0) is 12.3. The van der Waals surface area contributed by atoms with Crippen molar-refractivity contribution in [1.29, 1.82) is 0 Å². The van der Waals surface area contributed by atoms with Crippen molar-refractivity contribution in [3.63, 3.8) is 0 Å². The van der Waals surface area contributed by atoms with Crippen molar-refractivity contribution in [2.75, 3.05) is 7.11 Å². The first-order chi connectivity index (χ1) is 8.11. The summed E-state index contributed by atoms with van der Waals surface area (Å²) in [6.07, 6.45) is 0. The number of benzene rings is 2. The van der Waals surface area contributed by atoms with Gasteiger partial charge in [-0.1, -0.05) is 42.2 Å². The summed E-state index contributed by atoms with van der Waals surface area (Å²) in [7, 11) is 1.68. The number of hydrogen-bond donors (Lipinski definition) is 0. The topological polar surface area (TPSA) is 9.23 Å². The highest BCUT2D eigenvalue weighted by molar-refractivity contribution is 5.83. The van der Waals surface area contributed by atoms with Crippen molar-refractivity contribution in [3.05, 3.63) is 48.0 Å². The molecule has 0 N–H and O–H groups in total. The van der Waals surface area contributed by atoms with Gasteiger partial charge in [0.25, 0.3) is 0 Å². The molecule has 86 valence electrons. The average molecular weight is 224 g/mol. The fourth-order valence-electron chi connectivity index (χ4n) is 1.54. The predicted octanol–water partition coefficient (Wildman–Crippen LogP) is 3.62. The van der Waals surface area contributed by atoms with E-state index in [4.69, 9.17) is 4.74 Å². The molecule has 0 saturated carbocycles. The van der Waals surface area contributed by atoms with E-state index in [2.05, 4.69) is 36.1 Å². The van der Waals surface area contributed by atoms with Crippen LogP contribution in [-0.2, 0) is 4.74 Å². The second kappa shape index (κ2) is 4.61. The van der Waals surface area contributed by atoms with Crippen LogP contribution in [0.25, 0.3) is 10.8 Å². The monoisotopic (exact) mass is 224 g/mol. The van der Waals surface area contributed by atoms with E-state index in [-0.39, 0.29) is 0 Å². The van der Waals surface area contributed by atoms with Gasteiger partial charge < -0.3 is 4.74 Å². The normalized spacial score (nSPS) is 11.0. The lowest BCUT2D eigenvalue weighted by atomic mass is 10.1. The van der Waals surface area contributed by atoms with Crippen LogP contribution in [-0.4, -0.2) is 12.7 Å². The van der Waals surface area contributed by atoms with Gasteiger partial charge in [-0.2, -0.15) is 0 Å². The first-order valence-electron chi connectivity index (χ1n) is 5.68. The lowest BCUT2D eigenvalue weighted by Gasteiger charge is -2.14. The van der Waals surface area contributed by atoms with Gasteiger partial charge in [-0.15, -0.1) is 0 Å². The molecule has 0 heterocycles. The fourth-order valence-corrected chi connectivity index (χ4v) is 1.54. The van der Waals surface area contributed by atoms with Crippen LogP contribution >= 0.6 is 0 Å². The smallest absolute Gasteiger partial charge is 0.123 e. The van der Waals surface area contributed by atoms with Gasteiger partial charge in [0.1, 0.15) is 5.60 Å². The zero-order valence-electron chi connectivity index (χ0n) is 10.4. The molecule has 0 amide bonds. The van der Waals surface area contributed by atoms with Crippen LogP contribution in [0.4, 0.5) is 0 Å². The lowest BCUT2D eigenvalue weighted by Crippen LogP contribution is -2.19. The first-order valence-corrected chi connectivity index (χ1v) is 5.68. The molecule has 2 aromatic carbocycles. The summed E-state index contributed by atoms with van der Waals surface area (Å²) >= 11 is 0. The Morgan fingerprint density at radius 3 is 2.41 bits per heavy atom. The molecule has 0 atom stereocenters. The summed E-state index contributed by atoms with van der Waals surface area (Å²) < 4.78 is 5.27. The highest BCUT2D eigenvalue weighted by Gasteiger charge is 2.10. The molecule has 0 saturated heterocycles. The van der Waals surface area contributed by atoms with E-state index >= 15 is 0 Å². The molecule has 0 aliphatic rings. The van der Waals surface area contributed by atoms with Crippen LogP contribution in [0.3, 0.4) is 0 Å². The van der Waals surface area contributed by atoms with Crippen molar-refractivity contribution in [3.8, 4) is 11.8 Å². The quantitative estimate of drug-likeness (QED) is 0.672. The summed E-state index contributed by atoms with van der Waals surface area (Å²) in [5.41, 5.74) is 0.625. The second-order valence-corrected chi connectivity index (χ2v) is 4.53. The highest BCUT2D eigenvalue weighted by atomic mass is 16.5. The van der Waals surface area contributed by atoms with E-state index in [1.807, 2.05) is 32.0 Å². The van der Waals surface area contributed by atoms with Crippen LogP contribution in [0.5, 0.6) is 0 Å². The van der Waals surface area contributed by atoms with Gasteiger partial charge in [0.2, 0.25) is 0 Å². The molecule has 1 heteroatoms.